The van der Waals surface area contributed by atoms with Gasteiger partial charge in [0.15, 0.2) is 0 Å². The molecule has 3 rings (SSSR count). The fourth-order valence-electron chi connectivity index (χ4n) is 2.74. The smallest absolute Gasteiger partial charge is 0.0758 e. The van der Waals surface area contributed by atoms with Crippen LogP contribution in [0.25, 0.3) is 5.57 Å². The fraction of sp³-hybridized carbons (Fsp3) is 0.368. The minimum absolute atomic E-state index is 0.191. The summed E-state index contributed by atoms with van der Waals surface area (Å²) >= 11 is 0. The van der Waals surface area contributed by atoms with Crippen molar-refractivity contribution in [2.24, 2.45) is 16.3 Å². The minimum atomic E-state index is 0.191. The number of aliphatic imine (C=N–C) groups is 1. The van der Waals surface area contributed by atoms with Gasteiger partial charge in [0.25, 0.3) is 0 Å². The summed E-state index contributed by atoms with van der Waals surface area (Å²) in [4.78, 5) is 4.69. The van der Waals surface area contributed by atoms with Gasteiger partial charge in [-0.15, -0.1) is 5.73 Å². The number of benzene rings is 1. The summed E-state index contributed by atoms with van der Waals surface area (Å²) in [6.45, 7) is 6.72. The number of hydrogen-bond acceptors (Lipinski definition) is 1. The maximum atomic E-state index is 4.69. The van der Waals surface area contributed by atoms with Gasteiger partial charge in [0.2, 0.25) is 0 Å². The molecule has 0 saturated heterocycles. The summed E-state index contributed by atoms with van der Waals surface area (Å²) in [6, 6.07) is 10.8. The van der Waals surface area contributed by atoms with Gasteiger partial charge in [0, 0.05) is 17.7 Å². The van der Waals surface area contributed by atoms with Crippen LogP contribution in [-0.2, 0) is 0 Å². The number of allylic oxidation sites excluding steroid dienone is 1. The molecule has 0 fully saturated rings. The van der Waals surface area contributed by atoms with Gasteiger partial charge in [-0.2, -0.15) is 0 Å². The Balaban J connectivity index is 1.72. The molecule has 20 heavy (non-hydrogen) atoms. The van der Waals surface area contributed by atoms with Gasteiger partial charge in [-0.3, -0.25) is 4.99 Å². The Labute approximate surface area is 121 Å². The van der Waals surface area contributed by atoms with E-state index in [2.05, 4.69) is 75.2 Å². The van der Waals surface area contributed by atoms with E-state index in [4.69, 9.17) is 4.99 Å². The van der Waals surface area contributed by atoms with E-state index >= 15 is 0 Å². The summed E-state index contributed by atoms with van der Waals surface area (Å²) in [6.07, 6.45) is 7.63. The van der Waals surface area contributed by atoms with E-state index in [-0.39, 0.29) is 11.5 Å². The Morgan fingerprint density at radius 3 is 2.55 bits per heavy atom. The van der Waals surface area contributed by atoms with Gasteiger partial charge in [0.05, 0.1) is 6.04 Å². The molecule has 1 nitrogen and oxygen atoms in total. The molecule has 0 aromatic heterocycles. The average Bonchev–Trinajstić information content (AvgIpc) is 3.08. The standard InChI is InChI=1S/C19H21N/c1-19(2,3)17-12-18(20-13-17)16-10-9-15(11-16)14-7-5-4-6-8-14/h4-8,10,12-13,16,18H,11H2,1-3H3. The molecule has 1 heterocycles. The first-order valence-corrected chi connectivity index (χ1v) is 7.30. The summed E-state index contributed by atoms with van der Waals surface area (Å²) in [5, 5.41) is 0. The van der Waals surface area contributed by atoms with Crippen LogP contribution in [-0.4, -0.2) is 12.3 Å². The van der Waals surface area contributed by atoms with E-state index < -0.39 is 0 Å². The van der Waals surface area contributed by atoms with Crippen LogP contribution in [0.3, 0.4) is 0 Å². The molecule has 2 aliphatic rings. The Kier molecular flexibility index (Phi) is 3.23. The van der Waals surface area contributed by atoms with Crippen LogP contribution in [0.1, 0.15) is 32.8 Å². The predicted molar refractivity (Wildman–Crippen MR) is 85.9 cm³/mol. The van der Waals surface area contributed by atoms with Gasteiger partial charge >= 0.3 is 0 Å². The molecule has 1 heteroatoms. The van der Waals surface area contributed by atoms with Crippen molar-refractivity contribution >= 4 is 11.8 Å². The second kappa shape index (κ2) is 4.92. The first-order chi connectivity index (χ1) is 9.54. The van der Waals surface area contributed by atoms with Crippen molar-refractivity contribution in [3.8, 4) is 0 Å². The lowest BCUT2D eigenvalue weighted by atomic mass is 9.85. The topological polar surface area (TPSA) is 12.4 Å². The molecule has 2 atom stereocenters. The maximum absolute atomic E-state index is 4.69. The highest BCUT2D eigenvalue weighted by molar-refractivity contribution is 5.83. The molecule has 0 N–H and O–H groups in total. The molecule has 2 unspecified atom stereocenters. The maximum Gasteiger partial charge on any atom is 0.0758 e. The van der Waals surface area contributed by atoms with Crippen molar-refractivity contribution < 1.29 is 0 Å². The van der Waals surface area contributed by atoms with Crippen LogP contribution in [0.5, 0.6) is 0 Å². The normalized spacial score (nSPS) is 24.9. The molecule has 1 aromatic rings. The van der Waals surface area contributed by atoms with Crippen LogP contribution in [0, 0.1) is 11.3 Å². The fourth-order valence-corrected chi connectivity index (χ4v) is 2.74. The molecule has 102 valence electrons. The highest BCUT2D eigenvalue weighted by Crippen LogP contribution is 2.35. The SMILES string of the molecule is CC(C)(C)C1=CC(C2C=C=C(c3ccccc3)C2)N=C1. The third kappa shape index (κ3) is 2.55. The molecule has 1 aliphatic carbocycles. The molecule has 1 aliphatic heterocycles. The lowest BCUT2D eigenvalue weighted by Crippen LogP contribution is -2.12. The van der Waals surface area contributed by atoms with Gasteiger partial charge in [-0.05, 0) is 29.0 Å². The Morgan fingerprint density at radius 2 is 1.90 bits per heavy atom. The van der Waals surface area contributed by atoms with E-state index in [0.29, 0.717) is 5.92 Å². The quantitative estimate of drug-likeness (QED) is 0.687. The highest BCUT2D eigenvalue weighted by atomic mass is 14.8. The van der Waals surface area contributed by atoms with Gasteiger partial charge in [0.1, 0.15) is 0 Å². The molecule has 0 saturated carbocycles. The van der Waals surface area contributed by atoms with Crippen LogP contribution in [0.2, 0.25) is 0 Å². The molecular weight excluding hydrogens is 242 g/mol. The highest BCUT2D eigenvalue weighted by Gasteiger charge is 2.27. The summed E-state index contributed by atoms with van der Waals surface area (Å²) in [5.41, 5.74) is 7.58. The monoisotopic (exact) mass is 263 g/mol. The Bertz CT molecular complexity index is 619. The third-order valence-corrected chi connectivity index (χ3v) is 4.07. The number of nitrogens with zero attached hydrogens (tertiary/aromatic N) is 1. The van der Waals surface area contributed by atoms with E-state index in [1.807, 2.05) is 0 Å². The van der Waals surface area contributed by atoms with Gasteiger partial charge < -0.3 is 0 Å². The zero-order valence-corrected chi connectivity index (χ0v) is 12.4. The lowest BCUT2D eigenvalue weighted by Gasteiger charge is -2.18. The second-order valence-corrected chi connectivity index (χ2v) is 6.66. The zero-order chi connectivity index (χ0) is 14.2. The summed E-state index contributed by atoms with van der Waals surface area (Å²) < 4.78 is 0. The second-order valence-electron chi connectivity index (χ2n) is 6.66. The van der Waals surface area contributed by atoms with Crippen LogP contribution < -0.4 is 0 Å². The van der Waals surface area contributed by atoms with Crippen molar-refractivity contribution in [2.75, 3.05) is 0 Å². The van der Waals surface area contributed by atoms with Crippen LogP contribution in [0.4, 0.5) is 0 Å². The molecule has 0 spiro atoms. The number of hydrogen-bond donors (Lipinski definition) is 0. The third-order valence-electron chi connectivity index (χ3n) is 4.07. The van der Waals surface area contributed by atoms with Crippen molar-refractivity contribution in [2.45, 2.75) is 33.2 Å². The van der Waals surface area contributed by atoms with Crippen LogP contribution >= 0.6 is 0 Å². The van der Waals surface area contributed by atoms with Crippen molar-refractivity contribution in [1.82, 2.24) is 0 Å². The van der Waals surface area contributed by atoms with Crippen molar-refractivity contribution in [1.29, 1.82) is 0 Å². The van der Waals surface area contributed by atoms with E-state index in [9.17, 15) is 0 Å². The molecule has 1 aromatic carbocycles. The lowest BCUT2D eigenvalue weighted by molar-refractivity contribution is 0.523. The van der Waals surface area contributed by atoms with Crippen molar-refractivity contribution in [3.05, 3.63) is 59.4 Å². The summed E-state index contributed by atoms with van der Waals surface area (Å²) in [7, 11) is 0. The largest absolute Gasteiger partial charge is 0.285 e. The zero-order valence-electron chi connectivity index (χ0n) is 12.4. The Hall–Kier alpha value is -1.85. The van der Waals surface area contributed by atoms with Crippen molar-refractivity contribution in [3.63, 3.8) is 0 Å². The summed E-state index contributed by atoms with van der Waals surface area (Å²) in [5.74, 6) is 0.460. The van der Waals surface area contributed by atoms with Crippen LogP contribution in [0.15, 0.2) is 58.8 Å². The first-order valence-electron chi connectivity index (χ1n) is 7.30. The van der Waals surface area contributed by atoms with Gasteiger partial charge in [-0.1, -0.05) is 57.2 Å². The van der Waals surface area contributed by atoms with E-state index in [1.54, 1.807) is 0 Å². The molecule has 0 radical (unpaired) electrons. The average molecular weight is 263 g/mol. The first kappa shape index (κ1) is 13.1. The minimum Gasteiger partial charge on any atom is -0.285 e. The number of rotatable bonds is 2. The molecular formula is C19H21N. The predicted octanol–water partition coefficient (Wildman–Crippen LogP) is 4.67. The van der Waals surface area contributed by atoms with E-state index in [0.717, 1.165) is 6.42 Å². The Morgan fingerprint density at radius 1 is 1.15 bits per heavy atom. The molecule has 0 amide bonds. The molecule has 0 bridgehead atoms. The van der Waals surface area contributed by atoms with Gasteiger partial charge in [-0.25, -0.2) is 0 Å². The van der Waals surface area contributed by atoms with E-state index in [1.165, 1.54) is 16.7 Å².